The first kappa shape index (κ1) is 24.6. The van der Waals surface area contributed by atoms with Gasteiger partial charge < -0.3 is 25.6 Å². The van der Waals surface area contributed by atoms with Crippen LogP contribution in [0.1, 0.15) is 38.5 Å². The Hall–Kier alpha value is -0.550. The van der Waals surface area contributed by atoms with Gasteiger partial charge >= 0.3 is 0 Å². The van der Waals surface area contributed by atoms with Crippen molar-refractivity contribution in [3.63, 3.8) is 0 Å². The lowest BCUT2D eigenvalue weighted by molar-refractivity contribution is -0.127. The molecule has 1 saturated carbocycles. The van der Waals surface area contributed by atoms with Gasteiger partial charge in [0.1, 0.15) is 18.4 Å². The second-order valence-corrected chi connectivity index (χ2v) is 10.3. The maximum Gasteiger partial charge on any atom is 0.223 e. The largest absolute Gasteiger partial charge is 0.394 e. The fraction of sp³-hybridized carbons (Fsp3) is 0.955. The van der Waals surface area contributed by atoms with Crippen molar-refractivity contribution >= 4 is 17.5 Å². The Kier molecular flexibility index (Phi) is 8.64. The Morgan fingerprint density at radius 2 is 1.88 bits per heavy atom. The van der Waals surface area contributed by atoms with Gasteiger partial charge in [-0.2, -0.15) is 0 Å². The number of piperazine rings is 1. The Morgan fingerprint density at radius 3 is 2.53 bits per heavy atom. The van der Waals surface area contributed by atoms with Crippen molar-refractivity contribution in [2.75, 3.05) is 45.9 Å². The number of alkyl halides is 2. The number of carbonyl (C=O) groups excluding carboxylic acids is 1. The Morgan fingerprint density at radius 1 is 1.12 bits per heavy atom. The first-order chi connectivity index (χ1) is 15.5. The minimum Gasteiger partial charge on any atom is -0.394 e. The van der Waals surface area contributed by atoms with Crippen molar-refractivity contribution in [1.29, 1.82) is 0 Å². The second-order valence-electron chi connectivity index (χ2n) is 9.70. The van der Waals surface area contributed by atoms with Crippen molar-refractivity contribution in [2.45, 2.75) is 80.6 Å². The molecule has 1 amide bonds. The summed E-state index contributed by atoms with van der Waals surface area (Å²) in [5, 5.41) is 26.4. The lowest BCUT2D eigenvalue weighted by Gasteiger charge is -2.44. The van der Waals surface area contributed by atoms with Crippen LogP contribution in [0.5, 0.6) is 0 Å². The normalized spacial score (nSPS) is 42.1. The van der Waals surface area contributed by atoms with Crippen LogP contribution in [0.15, 0.2) is 0 Å². The summed E-state index contributed by atoms with van der Waals surface area (Å²) >= 11 is 6.03. The van der Waals surface area contributed by atoms with Crippen LogP contribution in [0.4, 0.5) is 4.39 Å². The third-order valence-corrected chi connectivity index (χ3v) is 8.13. The maximum atomic E-state index is 13.6. The highest BCUT2D eigenvalue weighted by molar-refractivity contribution is 6.21. The van der Waals surface area contributed by atoms with E-state index in [1.54, 1.807) is 0 Å². The van der Waals surface area contributed by atoms with Crippen LogP contribution in [0.25, 0.3) is 0 Å². The molecule has 3 aliphatic heterocycles. The third-order valence-electron chi connectivity index (χ3n) is 7.68. The molecular formula is C22H38ClFN4O4. The molecule has 0 radical (unpaired) electrons. The lowest BCUT2D eigenvalue weighted by Crippen LogP contribution is -2.61. The lowest BCUT2D eigenvalue weighted by atomic mass is 9.87. The average Bonchev–Trinajstić information content (AvgIpc) is 3.15. The molecule has 32 heavy (non-hydrogen) atoms. The first-order valence-electron chi connectivity index (χ1n) is 12.2. The summed E-state index contributed by atoms with van der Waals surface area (Å²) in [5.41, 5.74) is 0. The highest BCUT2D eigenvalue weighted by Gasteiger charge is 2.47. The number of hydrogen-bond acceptors (Lipinski definition) is 7. The van der Waals surface area contributed by atoms with Crippen molar-refractivity contribution < 1.29 is 24.1 Å². The number of hydrogen-bond donors (Lipinski definition) is 4. The number of ether oxygens (including phenoxy) is 1. The standard InChI is InChI=1S/C22H38ClFN4O4/c23-15-11-14(4-5-16(15)24)22(31)26-12-17-20(21(30)18(13-29)32-17)28-9-7-27(8-10-28)19-3-1-2-6-25-19/h14-21,25,29-30H,1-13H2,(H,26,31)/t14?,15?,16?,17-,18+,19?,20-,21-/m1/s1. The van der Waals surface area contributed by atoms with E-state index in [0.29, 0.717) is 25.4 Å². The number of amides is 1. The van der Waals surface area contributed by atoms with E-state index in [1.807, 2.05) is 0 Å². The van der Waals surface area contributed by atoms with E-state index in [1.165, 1.54) is 19.3 Å². The molecule has 4 unspecified atom stereocenters. The smallest absolute Gasteiger partial charge is 0.223 e. The first-order valence-corrected chi connectivity index (χ1v) is 12.6. The molecule has 1 aliphatic carbocycles. The summed E-state index contributed by atoms with van der Waals surface area (Å²) in [6, 6.07) is -0.281. The zero-order valence-corrected chi connectivity index (χ0v) is 19.4. The molecular weight excluding hydrogens is 439 g/mol. The quantitative estimate of drug-likeness (QED) is 0.402. The van der Waals surface area contributed by atoms with Crippen LogP contribution in [0, 0.1) is 5.92 Å². The van der Waals surface area contributed by atoms with E-state index in [2.05, 4.69) is 20.4 Å². The molecule has 0 spiro atoms. The molecule has 0 aromatic carbocycles. The molecule has 8 atom stereocenters. The molecule has 0 bridgehead atoms. The monoisotopic (exact) mass is 476 g/mol. The average molecular weight is 477 g/mol. The molecule has 4 N–H and O–H groups in total. The van der Waals surface area contributed by atoms with Gasteiger partial charge in [-0.1, -0.05) is 0 Å². The van der Waals surface area contributed by atoms with E-state index in [4.69, 9.17) is 16.3 Å². The van der Waals surface area contributed by atoms with E-state index in [-0.39, 0.29) is 31.0 Å². The zero-order valence-electron chi connectivity index (χ0n) is 18.7. The molecule has 4 fully saturated rings. The van der Waals surface area contributed by atoms with E-state index in [9.17, 15) is 19.4 Å². The summed E-state index contributed by atoms with van der Waals surface area (Å²) in [4.78, 5) is 17.4. The minimum absolute atomic E-state index is 0.139. The van der Waals surface area contributed by atoms with Gasteiger partial charge in [-0.3, -0.25) is 14.6 Å². The molecule has 4 rings (SSSR count). The summed E-state index contributed by atoms with van der Waals surface area (Å²) in [5.74, 6) is -0.436. The molecule has 10 heteroatoms. The maximum absolute atomic E-state index is 13.6. The summed E-state index contributed by atoms with van der Waals surface area (Å²) < 4.78 is 19.6. The number of halogens is 2. The Balaban J connectivity index is 1.31. The topological polar surface area (TPSA) is 97.3 Å². The fourth-order valence-corrected chi connectivity index (χ4v) is 6.09. The van der Waals surface area contributed by atoms with E-state index >= 15 is 0 Å². The van der Waals surface area contributed by atoms with Crippen LogP contribution >= 0.6 is 11.6 Å². The molecule has 3 saturated heterocycles. The van der Waals surface area contributed by atoms with Crippen LogP contribution in [0.2, 0.25) is 0 Å². The Bertz CT molecular complexity index is 621. The van der Waals surface area contributed by atoms with Gasteiger partial charge in [-0.25, -0.2) is 4.39 Å². The minimum atomic E-state index is -1.05. The second kappa shape index (κ2) is 11.3. The van der Waals surface area contributed by atoms with E-state index in [0.717, 1.165) is 32.7 Å². The van der Waals surface area contributed by atoms with Gasteiger partial charge in [0.2, 0.25) is 5.91 Å². The van der Waals surface area contributed by atoms with Gasteiger partial charge in [0.05, 0.1) is 30.3 Å². The van der Waals surface area contributed by atoms with Crippen molar-refractivity contribution in [2.24, 2.45) is 5.92 Å². The van der Waals surface area contributed by atoms with Crippen molar-refractivity contribution in [3.8, 4) is 0 Å². The summed E-state index contributed by atoms with van der Waals surface area (Å²) in [7, 11) is 0. The summed E-state index contributed by atoms with van der Waals surface area (Å²) in [6.45, 7) is 4.49. The number of piperidine rings is 1. The van der Waals surface area contributed by atoms with Crippen molar-refractivity contribution in [3.05, 3.63) is 0 Å². The van der Waals surface area contributed by atoms with Crippen molar-refractivity contribution in [1.82, 2.24) is 20.4 Å². The number of aliphatic hydroxyl groups is 2. The van der Waals surface area contributed by atoms with Gasteiger partial charge in [0.15, 0.2) is 0 Å². The number of aliphatic hydroxyl groups excluding tert-OH is 2. The van der Waals surface area contributed by atoms with E-state index < -0.39 is 29.9 Å². The van der Waals surface area contributed by atoms with Crippen LogP contribution < -0.4 is 10.6 Å². The van der Waals surface area contributed by atoms with Gasteiger partial charge in [-0.05, 0) is 45.1 Å². The van der Waals surface area contributed by atoms with Crippen LogP contribution in [-0.4, -0.2) is 114 Å². The fourth-order valence-electron chi connectivity index (χ4n) is 5.75. The van der Waals surface area contributed by atoms with Crippen LogP contribution in [0.3, 0.4) is 0 Å². The van der Waals surface area contributed by atoms with Crippen LogP contribution in [-0.2, 0) is 9.53 Å². The number of nitrogens with zero attached hydrogens (tertiary/aromatic N) is 2. The molecule has 0 aromatic rings. The highest BCUT2D eigenvalue weighted by Crippen LogP contribution is 2.31. The molecule has 8 nitrogen and oxygen atoms in total. The third kappa shape index (κ3) is 5.56. The molecule has 4 aliphatic rings. The Labute approximate surface area is 194 Å². The predicted molar refractivity (Wildman–Crippen MR) is 119 cm³/mol. The number of nitrogens with one attached hydrogen (secondary N) is 2. The van der Waals surface area contributed by atoms with Gasteiger partial charge in [0, 0.05) is 38.6 Å². The number of rotatable bonds is 6. The summed E-state index contributed by atoms with van der Waals surface area (Å²) in [6.07, 6.45) is 2.30. The van der Waals surface area contributed by atoms with Gasteiger partial charge in [-0.15, -0.1) is 11.6 Å². The number of carbonyl (C=O) groups is 1. The van der Waals surface area contributed by atoms with Gasteiger partial charge in [0.25, 0.3) is 0 Å². The predicted octanol–water partition coefficient (Wildman–Crippen LogP) is 0.0546. The highest BCUT2D eigenvalue weighted by atomic mass is 35.5. The molecule has 3 heterocycles. The molecule has 0 aromatic heterocycles. The SMILES string of the molecule is O=C(NC[C@H]1O[C@@H](CO)[C@@H](O)[C@@H]1N1CCN(C2CCCCN2)CC1)C1CCC(F)C(Cl)C1. The molecule has 184 valence electrons. The zero-order chi connectivity index (χ0) is 22.7.